The first kappa shape index (κ1) is 29.4. The lowest BCUT2D eigenvalue weighted by Gasteiger charge is -2.27. The minimum Gasteiger partial charge on any atom is -0.493 e. The van der Waals surface area contributed by atoms with Crippen molar-refractivity contribution in [2.75, 3.05) is 7.11 Å². The van der Waals surface area contributed by atoms with Crippen LogP contribution in [0.1, 0.15) is 44.6 Å². The zero-order valence-corrected chi connectivity index (χ0v) is 23.6. The molecule has 7 nitrogen and oxygen atoms in total. The Morgan fingerprint density at radius 1 is 1.03 bits per heavy atom. The fourth-order valence-corrected chi connectivity index (χ4v) is 4.49. The predicted octanol–water partition coefficient (Wildman–Crippen LogP) is 6.82. The summed E-state index contributed by atoms with van der Waals surface area (Å²) in [6, 6.07) is 15.8. The molecule has 0 aliphatic heterocycles. The Morgan fingerprint density at radius 2 is 1.74 bits per heavy atom. The van der Waals surface area contributed by atoms with Crippen LogP contribution in [-0.4, -0.2) is 35.0 Å². The Balaban J connectivity index is 1.76. The van der Waals surface area contributed by atoms with E-state index in [-0.39, 0.29) is 17.9 Å². The van der Waals surface area contributed by atoms with Gasteiger partial charge in [0.15, 0.2) is 17.6 Å². The van der Waals surface area contributed by atoms with Crippen LogP contribution in [0.2, 0.25) is 10.0 Å². The molecule has 1 heterocycles. The molecule has 3 rings (SSSR count). The second kappa shape index (κ2) is 13.6. The Bertz CT molecular complexity index is 1300. The van der Waals surface area contributed by atoms with Gasteiger partial charge in [-0.15, -0.1) is 0 Å². The highest BCUT2D eigenvalue weighted by Gasteiger charge is 2.29. The van der Waals surface area contributed by atoms with Crippen LogP contribution in [0, 0.1) is 5.92 Å². The van der Waals surface area contributed by atoms with Crippen LogP contribution in [0.15, 0.2) is 60.8 Å². The number of esters is 2. The van der Waals surface area contributed by atoms with Gasteiger partial charge in [0.2, 0.25) is 0 Å². The molecular formula is C28H27Cl2NO6S. The standard InChI is InChI=1S/C28H27Cl2NO6S/c1-16(14-24(38)25-27(36-18(3)32)23(34-4)12-13-31-25)28(33)35-17(2)26(19-8-6-5-7-9-19)37-22-11-10-20(29)15-21(22)30/h5-13,15-17,26H,14H2,1-4H3/t16-,17+,26+/m1/s1. The van der Waals surface area contributed by atoms with Crippen molar-refractivity contribution in [3.05, 3.63) is 82.1 Å². The van der Waals surface area contributed by atoms with Gasteiger partial charge in [-0.1, -0.05) is 72.7 Å². The van der Waals surface area contributed by atoms with Gasteiger partial charge in [0.05, 0.1) is 18.1 Å². The molecule has 200 valence electrons. The number of ether oxygens (including phenoxy) is 4. The van der Waals surface area contributed by atoms with Gasteiger partial charge in [0.1, 0.15) is 17.5 Å². The number of carbonyl (C=O) groups is 2. The van der Waals surface area contributed by atoms with E-state index in [1.165, 1.54) is 20.2 Å². The number of hydrogen-bond donors (Lipinski definition) is 0. The quantitative estimate of drug-likeness (QED) is 0.140. The second-order valence-electron chi connectivity index (χ2n) is 8.48. The minimum absolute atomic E-state index is 0.110. The van der Waals surface area contributed by atoms with Crippen LogP contribution >= 0.6 is 35.4 Å². The molecule has 3 aromatic rings. The molecule has 0 spiro atoms. The number of thiocarbonyl (C=S) groups is 1. The van der Waals surface area contributed by atoms with Crippen molar-refractivity contribution >= 4 is 52.2 Å². The van der Waals surface area contributed by atoms with Gasteiger partial charge in [0.25, 0.3) is 0 Å². The third-order valence-corrected chi connectivity index (χ3v) is 6.39. The van der Waals surface area contributed by atoms with Crippen LogP contribution in [0.5, 0.6) is 17.2 Å². The molecule has 3 atom stereocenters. The predicted molar refractivity (Wildman–Crippen MR) is 149 cm³/mol. The zero-order valence-electron chi connectivity index (χ0n) is 21.3. The number of rotatable bonds is 11. The fraction of sp³-hybridized carbons (Fsp3) is 0.286. The highest BCUT2D eigenvalue weighted by atomic mass is 35.5. The number of nitrogens with zero attached hydrogens (tertiary/aromatic N) is 1. The number of pyridine rings is 1. The van der Waals surface area contributed by atoms with Crippen molar-refractivity contribution in [3.63, 3.8) is 0 Å². The summed E-state index contributed by atoms with van der Waals surface area (Å²) in [4.78, 5) is 29.3. The van der Waals surface area contributed by atoms with Crippen molar-refractivity contribution in [1.82, 2.24) is 4.98 Å². The summed E-state index contributed by atoms with van der Waals surface area (Å²) in [5.41, 5.74) is 1.05. The van der Waals surface area contributed by atoms with E-state index in [1.807, 2.05) is 30.3 Å². The van der Waals surface area contributed by atoms with E-state index >= 15 is 0 Å². The van der Waals surface area contributed by atoms with Crippen molar-refractivity contribution in [2.24, 2.45) is 5.92 Å². The topological polar surface area (TPSA) is 84.0 Å². The molecule has 0 radical (unpaired) electrons. The van der Waals surface area contributed by atoms with E-state index in [0.717, 1.165) is 5.56 Å². The van der Waals surface area contributed by atoms with Crippen molar-refractivity contribution in [2.45, 2.75) is 39.4 Å². The summed E-state index contributed by atoms with van der Waals surface area (Å²) in [5, 5.41) is 0.815. The first-order chi connectivity index (χ1) is 18.1. The maximum Gasteiger partial charge on any atom is 0.309 e. The van der Waals surface area contributed by atoms with E-state index < -0.39 is 30.1 Å². The Labute approximate surface area is 237 Å². The van der Waals surface area contributed by atoms with E-state index in [1.54, 1.807) is 38.1 Å². The lowest BCUT2D eigenvalue weighted by atomic mass is 10.0. The van der Waals surface area contributed by atoms with Gasteiger partial charge >= 0.3 is 11.9 Å². The van der Waals surface area contributed by atoms with Gasteiger partial charge in [-0.2, -0.15) is 0 Å². The second-order valence-corrected chi connectivity index (χ2v) is 9.82. The first-order valence-corrected chi connectivity index (χ1v) is 12.9. The summed E-state index contributed by atoms with van der Waals surface area (Å²) >= 11 is 17.9. The van der Waals surface area contributed by atoms with Gasteiger partial charge in [-0.05, 0) is 37.1 Å². The van der Waals surface area contributed by atoms with Crippen LogP contribution in [-0.2, 0) is 14.3 Å². The summed E-state index contributed by atoms with van der Waals surface area (Å²) in [7, 11) is 1.44. The van der Waals surface area contributed by atoms with Gasteiger partial charge in [0, 0.05) is 29.1 Å². The first-order valence-electron chi connectivity index (χ1n) is 11.7. The Morgan fingerprint density at radius 3 is 2.37 bits per heavy atom. The SMILES string of the molecule is COc1ccnc(C(=S)C[C@@H](C)C(=O)O[C@@H](C)[C@H](Oc2ccc(Cl)cc2Cl)c2ccccc2)c1OC(C)=O. The molecule has 0 unspecified atom stereocenters. The van der Waals surface area contributed by atoms with Gasteiger partial charge in [-0.25, -0.2) is 0 Å². The molecule has 0 bridgehead atoms. The highest BCUT2D eigenvalue weighted by molar-refractivity contribution is 7.80. The largest absolute Gasteiger partial charge is 0.493 e. The maximum absolute atomic E-state index is 13.1. The molecule has 0 saturated carbocycles. The Kier molecular flexibility index (Phi) is 10.5. The lowest BCUT2D eigenvalue weighted by Crippen LogP contribution is -2.30. The molecule has 0 amide bonds. The number of carbonyl (C=O) groups excluding carboxylic acids is 2. The van der Waals surface area contributed by atoms with Crippen molar-refractivity contribution in [3.8, 4) is 17.2 Å². The number of methoxy groups -OCH3 is 1. The smallest absolute Gasteiger partial charge is 0.309 e. The monoisotopic (exact) mass is 575 g/mol. The molecule has 0 saturated heterocycles. The van der Waals surface area contributed by atoms with E-state index in [9.17, 15) is 9.59 Å². The summed E-state index contributed by atoms with van der Waals surface area (Å²) < 4.78 is 22.6. The zero-order chi connectivity index (χ0) is 27.8. The molecule has 0 N–H and O–H groups in total. The third kappa shape index (κ3) is 7.66. The maximum atomic E-state index is 13.1. The average Bonchev–Trinajstić information content (AvgIpc) is 2.88. The van der Waals surface area contributed by atoms with Crippen LogP contribution in [0.4, 0.5) is 0 Å². The fourth-order valence-electron chi connectivity index (χ4n) is 3.64. The number of hydrogen-bond acceptors (Lipinski definition) is 8. The molecule has 0 aliphatic carbocycles. The van der Waals surface area contributed by atoms with Crippen molar-refractivity contribution in [1.29, 1.82) is 0 Å². The van der Waals surface area contributed by atoms with Crippen LogP contribution in [0.3, 0.4) is 0 Å². The molecule has 0 fully saturated rings. The summed E-state index contributed by atoms with van der Waals surface area (Å²) in [6.45, 7) is 4.71. The molecule has 38 heavy (non-hydrogen) atoms. The molecule has 0 aliphatic rings. The lowest BCUT2D eigenvalue weighted by molar-refractivity contribution is -0.157. The van der Waals surface area contributed by atoms with E-state index in [2.05, 4.69) is 4.98 Å². The normalized spacial score (nSPS) is 13.1. The van der Waals surface area contributed by atoms with E-state index in [4.69, 9.17) is 54.4 Å². The minimum atomic E-state index is -0.681. The molecule has 1 aromatic heterocycles. The van der Waals surface area contributed by atoms with E-state index in [0.29, 0.717) is 26.4 Å². The Hall–Kier alpha value is -3.20. The number of aromatic nitrogens is 1. The summed E-state index contributed by atoms with van der Waals surface area (Å²) in [6.07, 6.45) is 0.296. The number of benzene rings is 2. The van der Waals surface area contributed by atoms with Crippen molar-refractivity contribution < 1.29 is 28.5 Å². The molecule has 2 aromatic carbocycles. The van der Waals surface area contributed by atoms with Gasteiger partial charge < -0.3 is 18.9 Å². The highest BCUT2D eigenvalue weighted by Crippen LogP contribution is 2.34. The third-order valence-electron chi connectivity index (χ3n) is 5.50. The summed E-state index contributed by atoms with van der Waals surface area (Å²) in [5.74, 6) is -0.834. The average molecular weight is 576 g/mol. The number of halogens is 2. The van der Waals surface area contributed by atoms with Crippen LogP contribution in [0.25, 0.3) is 0 Å². The van der Waals surface area contributed by atoms with Gasteiger partial charge in [-0.3, -0.25) is 14.6 Å². The molecular weight excluding hydrogens is 549 g/mol. The molecule has 10 heteroatoms. The van der Waals surface area contributed by atoms with Crippen LogP contribution < -0.4 is 14.2 Å².